The molecule has 59 heavy (non-hydrogen) atoms. The van der Waals surface area contributed by atoms with E-state index < -0.39 is 42.1 Å². The predicted molar refractivity (Wildman–Crippen MR) is 232 cm³/mol. The summed E-state index contributed by atoms with van der Waals surface area (Å²) in [6, 6.07) is 26.7. The van der Waals surface area contributed by atoms with Gasteiger partial charge in [-0.25, -0.2) is 9.78 Å². The Morgan fingerprint density at radius 3 is 2.12 bits per heavy atom. The van der Waals surface area contributed by atoms with E-state index in [2.05, 4.69) is 38.4 Å². The number of aromatic nitrogens is 1. The van der Waals surface area contributed by atoms with Gasteiger partial charge in [0.1, 0.15) is 18.7 Å². The van der Waals surface area contributed by atoms with Crippen molar-refractivity contribution in [2.24, 2.45) is 11.8 Å². The van der Waals surface area contributed by atoms with Crippen molar-refractivity contribution in [1.82, 2.24) is 26.3 Å². The molecular weight excluding hydrogens is 763 g/mol. The van der Waals surface area contributed by atoms with E-state index in [1.165, 1.54) is 11.3 Å². The molecule has 0 radical (unpaired) electrons. The summed E-state index contributed by atoms with van der Waals surface area (Å²) in [5, 5.41) is 26.5. The molecule has 1 heterocycles. The van der Waals surface area contributed by atoms with Crippen molar-refractivity contribution in [2.45, 2.75) is 89.9 Å². The minimum atomic E-state index is -1.16. The van der Waals surface area contributed by atoms with Gasteiger partial charge in [0.25, 0.3) is 0 Å². The van der Waals surface area contributed by atoms with E-state index in [1.54, 1.807) is 10.9 Å². The second kappa shape index (κ2) is 20.4. The predicted octanol–water partition coefficient (Wildman–Crippen LogP) is 6.92. The molecule has 310 valence electrons. The van der Waals surface area contributed by atoms with E-state index in [0.717, 1.165) is 45.0 Å². The van der Waals surface area contributed by atoms with Crippen molar-refractivity contribution in [1.29, 1.82) is 0 Å². The van der Waals surface area contributed by atoms with Crippen molar-refractivity contribution in [3.05, 3.63) is 124 Å². The maximum Gasteiger partial charge on any atom is 0.407 e. The van der Waals surface area contributed by atoms with E-state index >= 15 is 0 Å². The molecule has 0 saturated heterocycles. The van der Waals surface area contributed by atoms with Crippen LogP contribution in [0.25, 0.3) is 21.9 Å². The molecule has 6 rings (SSSR count). The van der Waals surface area contributed by atoms with E-state index in [0.29, 0.717) is 24.6 Å². The Hall–Kier alpha value is -5.59. The number of benzene rings is 4. The molecule has 0 saturated carbocycles. The first kappa shape index (κ1) is 43.0. The largest absolute Gasteiger partial charge is 0.449 e. The smallest absolute Gasteiger partial charge is 0.407 e. The molecule has 4 amide bonds. The average Bonchev–Trinajstić information content (AvgIpc) is 3.87. The molecule has 1 aliphatic rings. The minimum absolute atomic E-state index is 0.0620. The highest BCUT2D eigenvalue weighted by atomic mass is 32.1. The van der Waals surface area contributed by atoms with Crippen molar-refractivity contribution in [2.75, 3.05) is 13.2 Å². The Balaban J connectivity index is 1.21. The maximum absolute atomic E-state index is 14.5. The zero-order valence-corrected chi connectivity index (χ0v) is 35.0. The van der Waals surface area contributed by atoms with Crippen LogP contribution in [0.3, 0.4) is 0 Å². The number of carbonyl (C=O) groups excluding carboxylic acids is 4. The van der Waals surface area contributed by atoms with Crippen LogP contribution in [-0.2, 0) is 32.0 Å². The first-order chi connectivity index (χ1) is 28.5. The molecule has 1 aliphatic carbocycles. The summed E-state index contributed by atoms with van der Waals surface area (Å²) in [5.41, 5.74) is 7.40. The van der Waals surface area contributed by atoms with E-state index in [4.69, 9.17) is 4.74 Å². The first-order valence-electron chi connectivity index (χ1n) is 20.5. The third-order valence-corrected chi connectivity index (χ3v) is 11.7. The van der Waals surface area contributed by atoms with Gasteiger partial charge in [-0.1, -0.05) is 125 Å². The first-order valence-corrected chi connectivity index (χ1v) is 21.5. The topological polar surface area (TPSA) is 159 Å². The number of aliphatic hydroxyl groups excluding tert-OH is 1. The second-order valence-electron chi connectivity index (χ2n) is 15.9. The van der Waals surface area contributed by atoms with Gasteiger partial charge in [0.15, 0.2) is 0 Å². The van der Waals surface area contributed by atoms with Crippen LogP contribution in [0.4, 0.5) is 4.79 Å². The summed E-state index contributed by atoms with van der Waals surface area (Å²) in [6.07, 6.45) is -0.631. The highest BCUT2D eigenvalue weighted by Crippen LogP contribution is 2.44. The van der Waals surface area contributed by atoms with Gasteiger partial charge in [0.2, 0.25) is 17.7 Å². The van der Waals surface area contributed by atoms with E-state index in [9.17, 15) is 24.3 Å². The second-order valence-corrected chi connectivity index (χ2v) is 16.7. The van der Waals surface area contributed by atoms with Gasteiger partial charge in [-0.15, -0.1) is 11.3 Å². The highest BCUT2D eigenvalue weighted by molar-refractivity contribution is 7.07. The van der Waals surface area contributed by atoms with Crippen LogP contribution in [0, 0.1) is 11.8 Å². The fraction of sp³-hybridized carbons (Fsp3) is 0.383. The molecule has 5 aromatic rings. The standard InChI is InChI=1S/C47H55N5O6S/c1-5-30(4)25-48-44(54)24-43(53)40(21-29(2)3)50-46(56)42(23-33-27-59-28-49-33)51-45(55)41(22-32-15-12-14-31-13-6-7-16-34(31)32)52-47(57)58-26-39-37-19-10-8-17-35(37)36-18-9-11-20-38(36)39/h6-20,27-30,39-43,53H,5,21-26H2,1-4H3,(H,48,54)(H,50,56)(H,51,55)(H,52,57)/t30?,40-,41-,42?,43-/m0/s1. The molecule has 0 bridgehead atoms. The molecule has 0 spiro atoms. The van der Waals surface area contributed by atoms with Crippen molar-refractivity contribution in [3.8, 4) is 11.1 Å². The zero-order chi connectivity index (χ0) is 41.9. The molecular formula is C47H55N5O6S. The fourth-order valence-electron chi connectivity index (χ4n) is 7.65. The third kappa shape index (κ3) is 11.3. The molecule has 11 nitrogen and oxygen atoms in total. The van der Waals surface area contributed by atoms with Crippen LogP contribution in [-0.4, -0.2) is 71.3 Å². The lowest BCUT2D eigenvalue weighted by Gasteiger charge is -2.29. The van der Waals surface area contributed by atoms with Gasteiger partial charge in [0, 0.05) is 30.7 Å². The number of nitrogens with one attached hydrogen (secondary N) is 4. The molecule has 5 atom stereocenters. The molecule has 0 aliphatic heterocycles. The van der Waals surface area contributed by atoms with Crippen molar-refractivity contribution >= 4 is 45.9 Å². The third-order valence-electron chi connectivity index (χ3n) is 11.0. The Labute approximate surface area is 350 Å². The summed E-state index contributed by atoms with van der Waals surface area (Å²) < 4.78 is 5.89. The summed E-state index contributed by atoms with van der Waals surface area (Å²) in [7, 11) is 0. The molecule has 4 aromatic carbocycles. The number of hydrogen-bond acceptors (Lipinski definition) is 8. The van der Waals surface area contributed by atoms with Crippen LogP contribution in [0.2, 0.25) is 0 Å². The Morgan fingerprint density at radius 1 is 0.797 bits per heavy atom. The monoisotopic (exact) mass is 817 g/mol. The lowest BCUT2D eigenvalue weighted by Crippen LogP contribution is -2.57. The highest BCUT2D eigenvalue weighted by Gasteiger charge is 2.33. The number of rotatable bonds is 19. The zero-order valence-electron chi connectivity index (χ0n) is 34.2. The van der Waals surface area contributed by atoms with Gasteiger partial charge < -0.3 is 31.1 Å². The quantitative estimate of drug-likeness (QED) is 0.0606. The average molecular weight is 818 g/mol. The molecule has 0 fully saturated rings. The van der Waals surface area contributed by atoms with Crippen LogP contribution < -0.4 is 21.3 Å². The van der Waals surface area contributed by atoms with Crippen molar-refractivity contribution < 1.29 is 29.0 Å². The summed E-state index contributed by atoms with van der Waals surface area (Å²) in [4.78, 5) is 59.5. The summed E-state index contributed by atoms with van der Waals surface area (Å²) >= 11 is 1.37. The normalized spacial score (nSPS) is 14.7. The number of hydrogen-bond donors (Lipinski definition) is 5. The number of thiazole rings is 1. The number of nitrogens with zero attached hydrogens (tertiary/aromatic N) is 1. The van der Waals surface area contributed by atoms with Gasteiger partial charge >= 0.3 is 6.09 Å². The number of carbonyl (C=O) groups is 4. The van der Waals surface area contributed by atoms with Gasteiger partial charge in [-0.2, -0.15) is 0 Å². The molecule has 1 aromatic heterocycles. The van der Waals surface area contributed by atoms with E-state index in [1.807, 2.05) is 107 Å². The number of amides is 4. The Kier molecular flexibility index (Phi) is 14.9. The molecule has 5 N–H and O–H groups in total. The van der Waals surface area contributed by atoms with Gasteiger partial charge in [-0.3, -0.25) is 14.4 Å². The lowest BCUT2D eigenvalue weighted by molar-refractivity contribution is -0.131. The Morgan fingerprint density at radius 2 is 1.44 bits per heavy atom. The molecule has 2 unspecified atom stereocenters. The van der Waals surface area contributed by atoms with Crippen molar-refractivity contribution in [3.63, 3.8) is 0 Å². The van der Waals surface area contributed by atoms with Crippen LogP contribution >= 0.6 is 11.3 Å². The van der Waals surface area contributed by atoms with Gasteiger partial charge in [-0.05, 0) is 56.8 Å². The number of alkyl carbamates (subject to hydrolysis) is 1. The molecule has 12 heteroatoms. The maximum atomic E-state index is 14.5. The number of aliphatic hydroxyl groups is 1. The lowest BCUT2D eigenvalue weighted by atomic mass is 9.96. The minimum Gasteiger partial charge on any atom is -0.449 e. The van der Waals surface area contributed by atoms with Crippen LogP contribution in [0.1, 0.15) is 75.3 Å². The number of ether oxygens (including phenoxy) is 1. The van der Waals surface area contributed by atoms with Gasteiger partial charge in [0.05, 0.1) is 29.8 Å². The number of fused-ring (bicyclic) bond motifs is 4. The Bertz CT molecular complexity index is 2160. The van der Waals surface area contributed by atoms with Crippen LogP contribution in [0.5, 0.6) is 0 Å². The summed E-state index contributed by atoms with van der Waals surface area (Å²) in [6.45, 7) is 8.58. The summed E-state index contributed by atoms with van der Waals surface area (Å²) in [5.74, 6) is -1.24. The SMILES string of the molecule is CCC(C)CNC(=O)C[C@H](O)[C@H](CC(C)C)NC(=O)C(Cc1cscn1)NC(=O)[C@H](Cc1cccc2ccccc12)NC(=O)OCC1c2ccccc2-c2ccccc21. The van der Waals surface area contributed by atoms with Crippen LogP contribution in [0.15, 0.2) is 102 Å². The van der Waals surface area contributed by atoms with E-state index in [-0.39, 0.29) is 43.6 Å². The fourth-order valence-corrected chi connectivity index (χ4v) is 8.22.